The van der Waals surface area contributed by atoms with E-state index in [-0.39, 0.29) is 11.0 Å². The number of alkyl halides is 3. The van der Waals surface area contributed by atoms with Crippen LogP contribution in [0.15, 0.2) is 41.4 Å². The number of hydrogen-bond donors (Lipinski definition) is 3. The summed E-state index contributed by atoms with van der Waals surface area (Å²) >= 11 is 4.24. The number of benzene rings is 2. The van der Waals surface area contributed by atoms with E-state index in [0.717, 1.165) is 16.5 Å². The molecule has 4 rings (SSSR count). The van der Waals surface area contributed by atoms with E-state index in [9.17, 15) is 13.2 Å². The van der Waals surface area contributed by atoms with Crippen molar-refractivity contribution >= 4 is 46.2 Å². The highest BCUT2D eigenvalue weighted by atomic mass is 32.1. The van der Waals surface area contributed by atoms with Crippen molar-refractivity contribution in [3.05, 3.63) is 47.9 Å². The summed E-state index contributed by atoms with van der Waals surface area (Å²) in [6.07, 6.45) is -2.86. The number of nitrogens with one attached hydrogen (secondary N) is 2. The normalized spacial score (nSPS) is 12.0. The Morgan fingerprint density at radius 1 is 1.12 bits per heavy atom. The molecule has 0 saturated carbocycles. The highest BCUT2D eigenvalue weighted by molar-refractivity contribution is 7.80. The molecule has 2 N–H and O–H groups in total. The number of para-hydroxylation sites is 1. The maximum absolute atomic E-state index is 12.8. The Bertz CT molecular complexity index is 1140. The Balaban J connectivity index is 1.74. The third-order valence-electron chi connectivity index (χ3n) is 3.90. The summed E-state index contributed by atoms with van der Waals surface area (Å²) in [5.74, 6) is -0.716. The lowest BCUT2D eigenvalue weighted by molar-refractivity contribution is -0.144. The number of thiol groups is 1. The van der Waals surface area contributed by atoms with Crippen molar-refractivity contribution in [2.45, 2.75) is 18.0 Å². The molecule has 2 aromatic carbocycles. The molecular formula is C17H12F3N5S. The van der Waals surface area contributed by atoms with E-state index in [1.165, 1.54) is 6.07 Å². The Labute approximate surface area is 151 Å². The van der Waals surface area contributed by atoms with Gasteiger partial charge in [-0.15, -0.1) is 12.6 Å². The number of imidazole rings is 1. The minimum Gasteiger partial charge on any atom is -0.334 e. The first kappa shape index (κ1) is 16.6. The second-order valence-electron chi connectivity index (χ2n) is 5.81. The molecule has 0 radical (unpaired) electrons. The fraction of sp³-hybridized carbons (Fsp3) is 0.118. The number of nitrogens with zero attached hydrogens (tertiary/aromatic N) is 3. The van der Waals surface area contributed by atoms with Gasteiger partial charge in [0.15, 0.2) is 0 Å². The van der Waals surface area contributed by atoms with Gasteiger partial charge in [-0.3, -0.25) is 0 Å². The summed E-state index contributed by atoms with van der Waals surface area (Å²) in [7, 11) is 0. The van der Waals surface area contributed by atoms with Crippen molar-refractivity contribution in [1.29, 1.82) is 0 Å². The molecular weight excluding hydrogens is 363 g/mol. The largest absolute Gasteiger partial charge is 0.449 e. The number of aromatic nitrogens is 4. The Hall–Kier alpha value is -2.81. The fourth-order valence-electron chi connectivity index (χ4n) is 2.70. The first-order valence-corrected chi connectivity index (χ1v) is 8.05. The molecule has 132 valence electrons. The Morgan fingerprint density at radius 3 is 2.69 bits per heavy atom. The first-order chi connectivity index (χ1) is 12.3. The van der Waals surface area contributed by atoms with Crippen LogP contribution in [0.1, 0.15) is 11.4 Å². The van der Waals surface area contributed by atoms with Gasteiger partial charge in [0, 0.05) is 22.2 Å². The highest BCUT2D eigenvalue weighted by Gasteiger charge is 2.35. The van der Waals surface area contributed by atoms with Crippen LogP contribution in [0.3, 0.4) is 0 Å². The van der Waals surface area contributed by atoms with E-state index in [4.69, 9.17) is 0 Å². The summed E-state index contributed by atoms with van der Waals surface area (Å²) in [4.78, 5) is 14.9. The Morgan fingerprint density at radius 2 is 1.92 bits per heavy atom. The van der Waals surface area contributed by atoms with Gasteiger partial charge in [0.05, 0.1) is 11.0 Å². The molecule has 0 atom stereocenters. The number of H-pyrrole nitrogens is 1. The van der Waals surface area contributed by atoms with E-state index in [0.29, 0.717) is 16.5 Å². The molecule has 26 heavy (non-hydrogen) atoms. The fourth-order valence-corrected chi connectivity index (χ4v) is 3.01. The van der Waals surface area contributed by atoms with Crippen LogP contribution in [0.4, 0.5) is 24.8 Å². The van der Waals surface area contributed by atoms with Gasteiger partial charge in [-0.25, -0.2) is 15.0 Å². The molecule has 0 bridgehead atoms. The van der Waals surface area contributed by atoms with Gasteiger partial charge in [-0.2, -0.15) is 13.2 Å². The van der Waals surface area contributed by atoms with Crippen LogP contribution in [0, 0.1) is 6.92 Å². The average molecular weight is 375 g/mol. The quantitative estimate of drug-likeness (QED) is 0.438. The molecule has 0 spiro atoms. The number of aryl methyl sites for hydroxylation is 1. The van der Waals surface area contributed by atoms with Crippen LogP contribution >= 0.6 is 12.6 Å². The third-order valence-corrected chi connectivity index (χ3v) is 4.24. The summed E-state index contributed by atoms with van der Waals surface area (Å²) in [6, 6.07) is 8.87. The number of hydrogen-bond acceptors (Lipinski definition) is 5. The molecule has 0 unspecified atom stereocenters. The molecule has 0 aliphatic carbocycles. The van der Waals surface area contributed by atoms with Crippen molar-refractivity contribution in [3.8, 4) is 0 Å². The van der Waals surface area contributed by atoms with Gasteiger partial charge in [0.2, 0.25) is 11.8 Å². The van der Waals surface area contributed by atoms with Crippen molar-refractivity contribution in [2.75, 3.05) is 5.32 Å². The van der Waals surface area contributed by atoms with E-state index in [1.54, 1.807) is 12.3 Å². The molecule has 0 aliphatic heterocycles. The second kappa shape index (κ2) is 5.87. The predicted molar refractivity (Wildman–Crippen MR) is 95.9 cm³/mol. The lowest BCUT2D eigenvalue weighted by Gasteiger charge is -2.08. The molecule has 2 heterocycles. The minimum atomic E-state index is -4.55. The van der Waals surface area contributed by atoms with Crippen molar-refractivity contribution < 1.29 is 13.2 Å². The Kier molecular flexibility index (Phi) is 3.76. The van der Waals surface area contributed by atoms with E-state index in [2.05, 4.69) is 37.9 Å². The summed E-state index contributed by atoms with van der Waals surface area (Å²) in [5.41, 5.74) is 2.69. The molecule has 5 nitrogen and oxygen atoms in total. The van der Waals surface area contributed by atoms with Crippen LogP contribution < -0.4 is 5.32 Å². The van der Waals surface area contributed by atoms with Gasteiger partial charge >= 0.3 is 6.18 Å². The number of halogens is 3. The average Bonchev–Trinajstić information content (AvgIpc) is 3.01. The SMILES string of the molecule is Cc1cccc2cnc(Nc3cc(S)c4nc(C(F)(F)F)[nH]c4c3)nc12. The zero-order chi connectivity index (χ0) is 18.5. The highest BCUT2D eigenvalue weighted by Crippen LogP contribution is 2.32. The number of rotatable bonds is 2. The van der Waals surface area contributed by atoms with Crippen molar-refractivity contribution in [2.24, 2.45) is 0 Å². The third kappa shape index (κ3) is 2.94. The maximum Gasteiger partial charge on any atom is 0.449 e. The van der Waals surface area contributed by atoms with Gasteiger partial charge < -0.3 is 10.3 Å². The zero-order valence-corrected chi connectivity index (χ0v) is 14.3. The zero-order valence-electron chi connectivity index (χ0n) is 13.4. The van der Waals surface area contributed by atoms with Crippen molar-refractivity contribution in [1.82, 2.24) is 19.9 Å². The van der Waals surface area contributed by atoms with Gasteiger partial charge in [-0.05, 0) is 24.6 Å². The van der Waals surface area contributed by atoms with E-state index < -0.39 is 12.0 Å². The first-order valence-electron chi connectivity index (χ1n) is 7.60. The van der Waals surface area contributed by atoms with E-state index in [1.807, 2.05) is 25.1 Å². The van der Waals surface area contributed by atoms with Crippen LogP contribution in [0.5, 0.6) is 0 Å². The van der Waals surface area contributed by atoms with Crippen LogP contribution in [0.2, 0.25) is 0 Å². The maximum atomic E-state index is 12.8. The molecule has 0 fully saturated rings. The molecule has 9 heteroatoms. The van der Waals surface area contributed by atoms with Crippen molar-refractivity contribution in [3.63, 3.8) is 0 Å². The lowest BCUT2D eigenvalue weighted by atomic mass is 10.1. The number of anilines is 2. The predicted octanol–water partition coefficient (Wildman–Crippen LogP) is 4.87. The summed E-state index contributed by atoms with van der Waals surface area (Å²) in [5, 5.41) is 3.91. The van der Waals surface area contributed by atoms with Gasteiger partial charge in [-0.1, -0.05) is 18.2 Å². The van der Waals surface area contributed by atoms with Crippen LogP contribution in [-0.4, -0.2) is 19.9 Å². The smallest absolute Gasteiger partial charge is 0.334 e. The molecule has 4 aromatic rings. The van der Waals surface area contributed by atoms with Gasteiger partial charge in [0.1, 0.15) is 5.52 Å². The summed E-state index contributed by atoms with van der Waals surface area (Å²) in [6.45, 7) is 1.94. The lowest BCUT2D eigenvalue weighted by Crippen LogP contribution is -2.06. The van der Waals surface area contributed by atoms with Crippen LogP contribution in [0.25, 0.3) is 21.9 Å². The van der Waals surface area contributed by atoms with E-state index >= 15 is 0 Å². The topological polar surface area (TPSA) is 66.5 Å². The second-order valence-corrected chi connectivity index (χ2v) is 6.29. The summed E-state index contributed by atoms with van der Waals surface area (Å²) < 4.78 is 38.5. The molecule has 2 aromatic heterocycles. The van der Waals surface area contributed by atoms with Crippen LogP contribution in [-0.2, 0) is 6.18 Å². The molecule has 0 saturated heterocycles. The molecule has 0 amide bonds. The number of fused-ring (bicyclic) bond motifs is 2. The molecule has 0 aliphatic rings. The standard InChI is InChI=1S/C17H12F3N5S/c1-8-3-2-4-9-7-21-16(25-13(8)9)22-10-5-11-14(12(26)6-10)24-15(23-11)17(18,19)20/h2-7,26H,1H3,(H,23,24)(H,21,22,25). The minimum absolute atomic E-state index is 0.154. The van der Waals surface area contributed by atoms with Gasteiger partial charge in [0.25, 0.3) is 0 Å². The number of aromatic amines is 1. The monoisotopic (exact) mass is 375 g/mol.